The minimum Gasteiger partial charge on any atom is -0.341 e. The molecule has 150 valence electrons. The van der Waals surface area contributed by atoms with Crippen LogP contribution in [-0.4, -0.2) is 57.3 Å². The first-order valence-electron chi connectivity index (χ1n) is 9.66. The predicted molar refractivity (Wildman–Crippen MR) is 114 cm³/mol. The highest BCUT2D eigenvalue weighted by atomic mass is 32.1. The lowest BCUT2D eigenvalue weighted by Gasteiger charge is -2.27. The van der Waals surface area contributed by atoms with E-state index in [2.05, 4.69) is 5.32 Å². The number of likely N-dealkylation sites (N-methyl/N-ethyl adjacent to an activating group) is 1. The van der Waals surface area contributed by atoms with Crippen molar-refractivity contribution in [3.05, 3.63) is 41.6 Å². The summed E-state index contributed by atoms with van der Waals surface area (Å²) >= 11 is 4.99. The molecule has 4 rings (SSSR count). The van der Waals surface area contributed by atoms with Gasteiger partial charge in [0.05, 0.1) is 0 Å². The molecule has 0 saturated carbocycles. The molecule has 1 aromatic carbocycles. The quantitative estimate of drug-likeness (QED) is 0.477. The largest absolute Gasteiger partial charge is 0.341 e. The normalized spacial score (nSPS) is 19.2. The van der Waals surface area contributed by atoms with Crippen LogP contribution in [0.25, 0.3) is 17.0 Å². The van der Waals surface area contributed by atoms with Gasteiger partial charge in [0.2, 0.25) is 5.91 Å². The fourth-order valence-electron chi connectivity index (χ4n) is 3.81. The van der Waals surface area contributed by atoms with E-state index in [0.29, 0.717) is 5.56 Å². The minimum atomic E-state index is -0.515. The molecule has 2 fully saturated rings. The molecule has 29 heavy (non-hydrogen) atoms. The molecular formula is C21H22N4O3S. The molecule has 0 unspecified atom stereocenters. The monoisotopic (exact) mass is 410 g/mol. The van der Waals surface area contributed by atoms with Gasteiger partial charge in [-0.3, -0.25) is 24.6 Å². The van der Waals surface area contributed by atoms with Crippen molar-refractivity contribution in [1.82, 2.24) is 19.7 Å². The fourth-order valence-corrected chi connectivity index (χ4v) is 3.99. The number of fused-ring (bicyclic) bond motifs is 1. The Balaban J connectivity index is 1.69. The number of nitrogens with zero attached hydrogens (tertiary/aromatic N) is 3. The fraction of sp³-hybridized carbons (Fsp3) is 0.333. The van der Waals surface area contributed by atoms with Crippen LogP contribution in [0, 0.1) is 0 Å². The van der Waals surface area contributed by atoms with Crippen LogP contribution in [0.1, 0.15) is 24.8 Å². The lowest BCUT2D eigenvalue weighted by atomic mass is 10.1. The average molecular weight is 410 g/mol. The summed E-state index contributed by atoms with van der Waals surface area (Å²) in [6, 6.07) is 7.66. The number of carbonyl (C=O) groups is 3. The third-order valence-corrected chi connectivity index (χ3v) is 5.81. The van der Waals surface area contributed by atoms with Gasteiger partial charge in [0.15, 0.2) is 5.11 Å². The Hall–Kier alpha value is -3.00. The van der Waals surface area contributed by atoms with E-state index in [-0.39, 0.29) is 23.1 Å². The summed E-state index contributed by atoms with van der Waals surface area (Å²) in [6.07, 6.45) is 6.65. The SMILES string of the molecule is CN1C(=O)/C(=C\c2cn(CC(=O)N3CCCCC3)c3ccccc23)C(=O)NC1=S. The van der Waals surface area contributed by atoms with Gasteiger partial charge in [-0.05, 0) is 43.6 Å². The average Bonchev–Trinajstić information content (AvgIpc) is 3.07. The molecule has 0 radical (unpaired) electrons. The van der Waals surface area contributed by atoms with E-state index in [9.17, 15) is 14.4 Å². The zero-order valence-corrected chi connectivity index (χ0v) is 17.0. The molecule has 7 nitrogen and oxygen atoms in total. The molecule has 1 aromatic heterocycles. The zero-order chi connectivity index (χ0) is 20.5. The van der Waals surface area contributed by atoms with Crippen molar-refractivity contribution in [2.24, 2.45) is 0 Å². The Bertz CT molecular complexity index is 1050. The van der Waals surface area contributed by atoms with Crippen LogP contribution in [0.4, 0.5) is 0 Å². The summed E-state index contributed by atoms with van der Waals surface area (Å²) in [5.41, 5.74) is 1.62. The van der Waals surface area contributed by atoms with Crippen molar-refractivity contribution < 1.29 is 14.4 Å². The smallest absolute Gasteiger partial charge is 0.265 e. The maximum atomic E-state index is 12.7. The number of piperidine rings is 1. The number of nitrogens with one attached hydrogen (secondary N) is 1. The number of hydrogen-bond acceptors (Lipinski definition) is 4. The van der Waals surface area contributed by atoms with E-state index >= 15 is 0 Å². The number of para-hydroxylation sites is 1. The molecule has 2 saturated heterocycles. The summed E-state index contributed by atoms with van der Waals surface area (Å²) in [7, 11) is 1.53. The van der Waals surface area contributed by atoms with Crippen LogP contribution < -0.4 is 5.32 Å². The summed E-state index contributed by atoms with van der Waals surface area (Å²) in [5, 5.41) is 3.49. The second-order valence-corrected chi connectivity index (χ2v) is 7.74. The Labute approximate surface area is 173 Å². The molecule has 0 bridgehead atoms. The van der Waals surface area contributed by atoms with Gasteiger partial charge in [-0.25, -0.2) is 0 Å². The second-order valence-electron chi connectivity index (χ2n) is 7.35. The Kier molecular flexibility index (Phi) is 5.19. The van der Waals surface area contributed by atoms with E-state index in [4.69, 9.17) is 12.2 Å². The van der Waals surface area contributed by atoms with E-state index < -0.39 is 11.8 Å². The third kappa shape index (κ3) is 3.67. The van der Waals surface area contributed by atoms with Crippen LogP contribution in [0.3, 0.4) is 0 Å². The van der Waals surface area contributed by atoms with E-state index in [1.165, 1.54) is 18.4 Å². The topological polar surface area (TPSA) is 74.7 Å². The van der Waals surface area contributed by atoms with Gasteiger partial charge in [-0.2, -0.15) is 0 Å². The van der Waals surface area contributed by atoms with Gasteiger partial charge >= 0.3 is 0 Å². The van der Waals surface area contributed by atoms with Crippen molar-refractivity contribution in [3.63, 3.8) is 0 Å². The van der Waals surface area contributed by atoms with Crippen LogP contribution in [-0.2, 0) is 20.9 Å². The standard InChI is InChI=1S/C21H22N4O3S/c1-23-20(28)16(19(27)22-21(23)29)11-14-12-25(17-8-4-3-7-15(14)17)13-18(26)24-9-5-2-6-10-24/h3-4,7-8,11-12H,2,5-6,9-10,13H2,1H3,(H,22,27,29)/b16-11-. The zero-order valence-electron chi connectivity index (χ0n) is 16.2. The van der Waals surface area contributed by atoms with Gasteiger partial charge in [0, 0.05) is 42.8 Å². The number of carbonyl (C=O) groups excluding carboxylic acids is 3. The first kappa shape index (κ1) is 19.3. The molecule has 2 aromatic rings. The molecule has 0 aliphatic carbocycles. The van der Waals surface area contributed by atoms with Crippen LogP contribution in [0.15, 0.2) is 36.0 Å². The molecule has 2 aliphatic rings. The predicted octanol–water partition coefficient (Wildman–Crippen LogP) is 1.91. The van der Waals surface area contributed by atoms with Crippen molar-refractivity contribution in [2.75, 3.05) is 20.1 Å². The summed E-state index contributed by atoms with van der Waals surface area (Å²) < 4.78 is 1.89. The van der Waals surface area contributed by atoms with E-state index in [1.807, 2.05) is 39.9 Å². The van der Waals surface area contributed by atoms with Gasteiger partial charge in [-0.1, -0.05) is 18.2 Å². The Morgan fingerprint density at radius 2 is 1.90 bits per heavy atom. The number of amides is 3. The molecule has 8 heteroatoms. The Morgan fingerprint density at radius 3 is 2.66 bits per heavy atom. The molecule has 3 heterocycles. The lowest BCUT2D eigenvalue weighted by Crippen LogP contribution is -2.52. The van der Waals surface area contributed by atoms with E-state index in [1.54, 1.807) is 6.08 Å². The molecule has 1 N–H and O–H groups in total. The minimum absolute atomic E-state index is 0.0198. The number of benzene rings is 1. The highest BCUT2D eigenvalue weighted by molar-refractivity contribution is 7.80. The number of hydrogen-bond donors (Lipinski definition) is 1. The van der Waals surface area contributed by atoms with Crippen molar-refractivity contribution >= 4 is 52.0 Å². The highest BCUT2D eigenvalue weighted by Crippen LogP contribution is 2.25. The van der Waals surface area contributed by atoms with Gasteiger partial charge in [-0.15, -0.1) is 0 Å². The number of likely N-dealkylation sites (tertiary alicyclic amines) is 1. The van der Waals surface area contributed by atoms with Crippen LogP contribution in [0.5, 0.6) is 0 Å². The Morgan fingerprint density at radius 1 is 1.17 bits per heavy atom. The summed E-state index contributed by atoms with van der Waals surface area (Å²) in [6.45, 7) is 1.83. The van der Waals surface area contributed by atoms with Crippen molar-refractivity contribution in [1.29, 1.82) is 0 Å². The lowest BCUT2D eigenvalue weighted by molar-refractivity contribution is -0.132. The molecule has 3 amide bonds. The van der Waals surface area contributed by atoms with Gasteiger partial charge in [0.25, 0.3) is 11.8 Å². The van der Waals surface area contributed by atoms with Gasteiger partial charge < -0.3 is 9.47 Å². The summed E-state index contributed by atoms with van der Waals surface area (Å²) in [4.78, 5) is 40.7. The first-order valence-corrected chi connectivity index (χ1v) is 10.1. The van der Waals surface area contributed by atoms with Crippen LogP contribution in [0.2, 0.25) is 0 Å². The van der Waals surface area contributed by atoms with E-state index in [0.717, 1.165) is 36.8 Å². The molecule has 0 spiro atoms. The third-order valence-electron chi connectivity index (χ3n) is 5.44. The number of thiocarbonyl (C=S) groups is 1. The first-order chi connectivity index (χ1) is 14.0. The van der Waals surface area contributed by atoms with Gasteiger partial charge in [0.1, 0.15) is 12.1 Å². The molecular weight excluding hydrogens is 388 g/mol. The summed E-state index contributed by atoms with van der Waals surface area (Å²) in [5.74, 6) is -0.875. The second kappa shape index (κ2) is 7.79. The van der Waals surface area contributed by atoms with Crippen molar-refractivity contribution in [3.8, 4) is 0 Å². The maximum absolute atomic E-state index is 12.7. The molecule has 0 atom stereocenters. The highest BCUT2D eigenvalue weighted by Gasteiger charge is 2.31. The number of rotatable bonds is 3. The van der Waals surface area contributed by atoms with Crippen LogP contribution >= 0.6 is 12.2 Å². The molecule has 2 aliphatic heterocycles. The van der Waals surface area contributed by atoms with Crippen molar-refractivity contribution in [2.45, 2.75) is 25.8 Å². The number of aromatic nitrogens is 1. The maximum Gasteiger partial charge on any atom is 0.265 e.